The van der Waals surface area contributed by atoms with E-state index in [4.69, 9.17) is 18.9 Å². The molecule has 2 atom stereocenters. The molecule has 6 aromatic rings. The summed E-state index contributed by atoms with van der Waals surface area (Å²) in [5.41, 5.74) is 0.372. The van der Waals surface area contributed by atoms with Gasteiger partial charge < -0.3 is 48.3 Å². The molecule has 12 aliphatic heterocycles. The Morgan fingerprint density at radius 1 is 0.327 bits per heavy atom. The van der Waals surface area contributed by atoms with E-state index < -0.39 is 76.6 Å². The van der Waals surface area contributed by atoms with E-state index >= 15 is 0 Å². The van der Waals surface area contributed by atoms with Gasteiger partial charge in [0.1, 0.15) is 6.17 Å². The number of piperidine rings is 1. The number of rotatable bonds is 20. The Balaban J connectivity index is 0.000000142. The van der Waals surface area contributed by atoms with Crippen LogP contribution in [0.4, 0.5) is 83.4 Å². The summed E-state index contributed by atoms with van der Waals surface area (Å²) in [5.74, 6) is -1.89. The number of methoxy groups -OCH3 is 1. The van der Waals surface area contributed by atoms with Gasteiger partial charge in [-0.1, -0.05) is 6.42 Å². The van der Waals surface area contributed by atoms with Crippen molar-refractivity contribution in [1.82, 2.24) is 58.8 Å². The molecule has 19 rings (SSSR count). The van der Waals surface area contributed by atoms with Crippen LogP contribution in [0, 0.1) is 0 Å². The number of fused-ring (bicyclic) bond motifs is 6. The standard InChI is InChI=1S/C19H25F3N2O3.C19H23F3N2O2.C19H25F3N2O2.C18H23F3N2O.C17H20F4N2O.C17H21F3N2O/c1-12(2)24-10-16-15(18(24)25)6-13(7-17(16)19(20,21)22)8-23-4-5-27-14(9-23)11-26-3;1-12(2)24-10-15-14(17(24)25)7-13(8-16(15)19(20,21)22)9-23-5-6-26-18(11-23)3-4-18;1-12(2)24-10-15-14(17(24)25)7-13(8-16(15)19(20,21)22)9-23-5-6-26-18(3,4)11-23;1-12(2)23-11-15-14(17(23)24)8-13(9-16(15)18(19,20)21)10-22-6-4-3-5-7-22;1-9(2)23-8-14-13(16(23)24)4-11(5-15(14)17(19,20)21)10(3)22-6-12(18)7-22;1-11(2)22-10-14-13(16(22)23)7-12(8-15(14)17(18,19)20)9-21-5-3-4-6-21/h6-7,12,14H,4-5,8-11H2,1-3H3;7-8,12H,3-6,9-11H2,1-2H3;7-8,12H,5-6,9-11H2,1-4H3;8-9,12H,3-7,10-11H2,1-2H3;4-5,9-10,12H,6-8H2,1-3H3;7-8,11H,3-6,9-10H2,1-2H3. The summed E-state index contributed by atoms with van der Waals surface area (Å²) in [6, 6.07) is 15.8. The van der Waals surface area contributed by atoms with Crippen LogP contribution in [0.3, 0.4) is 0 Å². The lowest BCUT2D eigenvalue weighted by atomic mass is 9.94. The number of nitrogens with zero attached hydrogens (tertiary/aromatic N) is 12. The normalized spacial score (nSPS) is 20.6. The molecule has 6 saturated heterocycles. The number of carbonyl (C=O) groups excluding carboxylic acids is 6. The van der Waals surface area contributed by atoms with Gasteiger partial charge in [-0.05, 0) is 308 Å². The molecule has 0 aromatic heterocycles. The molecule has 2 unspecified atom stereocenters. The van der Waals surface area contributed by atoms with E-state index in [0.29, 0.717) is 125 Å². The zero-order valence-corrected chi connectivity index (χ0v) is 87.8. The van der Waals surface area contributed by atoms with Crippen molar-refractivity contribution in [3.05, 3.63) is 206 Å². The van der Waals surface area contributed by atoms with Crippen molar-refractivity contribution in [2.75, 3.05) is 112 Å². The monoisotopic (exact) mass is 2140 g/mol. The number of benzene rings is 6. The Kier molecular flexibility index (Phi) is 35.4. The summed E-state index contributed by atoms with van der Waals surface area (Å²) in [4.78, 5) is 96.5. The van der Waals surface area contributed by atoms with E-state index in [9.17, 15) is 112 Å². The molecular weight excluding hydrogens is 2000 g/mol. The van der Waals surface area contributed by atoms with Crippen molar-refractivity contribution < 1.29 is 131 Å². The Hall–Kier alpha value is -9.59. The zero-order valence-electron chi connectivity index (χ0n) is 87.8. The van der Waals surface area contributed by atoms with Crippen LogP contribution in [-0.2, 0) is 128 Å². The van der Waals surface area contributed by atoms with Crippen LogP contribution in [0.1, 0.15) is 317 Å². The van der Waals surface area contributed by atoms with Gasteiger partial charge in [0.15, 0.2) is 0 Å². The minimum absolute atomic E-state index is 0.00836. The number of amides is 6. The second-order valence-corrected chi connectivity index (χ2v) is 43.9. The first kappa shape index (κ1) is 116. The largest absolute Gasteiger partial charge is 0.416 e. The number of morpholine rings is 3. The van der Waals surface area contributed by atoms with E-state index in [2.05, 4.69) is 19.6 Å². The highest BCUT2D eigenvalue weighted by atomic mass is 19.4. The first-order valence-corrected chi connectivity index (χ1v) is 51.6. The van der Waals surface area contributed by atoms with Gasteiger partial charge >= 0.3 is 37.1 Å². The topological polar surface area (TPSA) is 178 Å². The van der Waals surface area contributed by atoms with Crippen molar-refractivity contribution in [1.29, 1.82) is 0 Å². The summed E-state index contributed by atoms with van der Waals surface area (Å²) in [6.45, 7) is 39.7. The number of carbonyl (C=O) groups is 6. The third-order valence-electron chi connectivity index (χ3n) is 30.1. The number of halogens is 19. The van der Waals surface area contributed by atoms with Gasteiger partial charge in [0.2, 0.25) is 0 Å². The lowest BCUT2D eigenvalue weighted by Gasteiger charge is -2.39. The van der Waals surface area contributed by atoms with Crippen LogP contribution >= 0.6 is 0 Å². The maximum absolute atomic E-state index is 13.6. The number of likely N-dealkylation sites (tertiary alicyclic amines) is 3. The second kappa shape index (κ2) is 45.8. The maximum Gasteiger partial charge on any atom is 0.416 e. The molecule has 13 aliphatic rings. The predicted molar refractivity (Wildman–Crippen MR) is 523 cm³/mol. The first-order chi connectivity index (χ1) is 70.0. The smallest absolute Gasteiger partial charge is 0.382 e. The summed E-state index contributed by atoms with van der Waals surface area (Å²) < 4.78 is 279. The number of ether oxygens (including phenoxy) is 4. The first-order valence-electron chi connectivity index (χ1n) is 51.6. The van der Waals surface area contributed by atoms with E-state index in [1.807, 2.05) is 88.0 Å². The minimum atomic E-state index is -4.52. The van der Waals surface area contributed by atoms with Crippen molar-refractivity contribution in [3.8, 4) is 0 Å². The number of hydrogen-bond donors (Lipinski definition) is 0. The molecule has 7 fully saturated rings. The average Bonchev–Trinajstić information content (AvgIpc) is 1.50. The second-order valence-electron chi connectivity index (χ2n) is 43.9. The summed E-state index contributed by atoms with van der Waals surface area (Å²) in [6.07, 6.45) is -20.3. The predicted octanol–water partition coefficient (Wildman–Crippen LogP) is 21.5. The average molecular weight is 2140 g/mol. The molecule has 0 N–H and O–H groups in total. The van der Waals surface area contributed by atoms with E-state index in [-0.39, 0.29) is 214 Å². The third-order valence-corrected chi connectivity index (χ3v) is 30.1. The molecule has 22 nitrogen and oxygen atoms in total. The molecule has 0 bridgehead atoms. The quantitative estimate of drug-likeness (QED) is 0.0659. The highest BCUT2D eigenvalue weighted by molar-refractivity contribution is 6.03. The third kappa shape index (κ3) is 26.9. The Morgan fingerprint density at radius 3 is 0.873 bits per heavy atom. The van der Waals surface area contributed by atoms with Crippen molar-refractivity contribution in [2.45, 2.75) is 324 Å². The molecular formula is C109H137F19N12O10. The van der Waals surface area contributed by atoms with E-state index in [0.717, 1.165) is 77.3 Å². The molecule has 6 amide bonds. The molecule has 1 spiro atoms. The highest BCUT2D eigenvalue weighted by Crippen LogP contribution is 2.49. The number of alkyl halides is 19. The summed E-state index contributed by atoms with van der Waals surface area (Å²) in [5, 5.41) is 0. The van der Waals surface area contributed by atoms with Crippen LogP contribution in [0.2, 0.25) is 0 Å². The minimum Gasteiger partial charge on any atom is -0.382 e. The summed E-state index contributed by atoms with van der Waals surface area (Å²) >= 11 is 0. The summed E-state index contributed by atoms with van der Waals surface area (Å²) in [7, 11) is 1.59. The van der Waals surface area contributed by atoms with Crippen molar-refractivity contribution in [2.24, 2.45) is 0 Å². The molecule has 826 valence electrons. The van der Waals surface area contributed by atoms with E-state index in [1.165, 1.54) is 66.2 Å². The number of hydrogen-bond acceptors (Lipinski definition) is 16. The fourth-order valence-corrected chi connectivity index (χ4v) is 21.9. The van der Waals surface area contributed by atoms with Crippen molar-refractivity contribution in [3.63, 3.8) is 0 Å². The Morgan fingerprint density at radius 2 is 0.593 bits per heavy atom. The molecule has 41 heteroatoms. The van der Waals surface area contributed by atoms with Gasteiger partial charge in [-0.2, -0.15) is 79.0 Å². The highest BCUT2D eigenvalue weighted by Gasteiger charge is 2.52. The molecule has 6 aromatic carbocycles. The lowest BCUT2D eigenvalue weighted by Crippen LogP contribution is -2.49. The fourth-order valence-electron chi connectivity index (χ4n) is 21.9. The van der Waals surface area contributed by atoms with Gasteiger partial charge in [-0.15, -0.1) is 0 Å². The molecule has 150 heavy (non-hydrogen) atoms. The molecule has 1 saturated carbocycles. The van der Waals surface area contributed by atoms with Gasteiger partial charge in [0.05, 0.1) is 77.1 Å². The van der Waals surface area contributed by atoms with Gasteiger partial charge in [-0.25, -0.2) is 4.39 Å². The maximum atomic E-state index is 13.6. The molecule has 1 aliphatic carbocycles. The van der Waals surface area contributed by atoms with Gasteiger partial charge in [0.25, 0.3) is 35.4 Å². The van der Waals surface area contributed by atoms with Crippen LogP contribution < -0.4 is 0 Å². The van der Waals surface area contributed by atoms with Gasteiger partial charge in [-0.3, -0.25) is 58.2 Å². The van der Waals surface area contributed by atoms with Crippen LogP contribution in [-0.4, -0.2) is 266 Å². The van der Waals surface area contributed by atoms with E-state index in [1.54, 1.807) is 69.2 Å². The van der Waals surface area contributed by atoms with Gasteiger partial charge in [0, 0.05) is 207 Å². The zero-order chi connectivity index (χ0) is 110. The van der Waals surface area contributed by atoms with Crippen molar-refractivity contribution >= 4 is 35.4 Å². The Bertz CT molecular complexity index is 5780. The van der Waals surface area contributed by atoms with Crippen LogP contribution in [0.15, 0.2) is 72.8 Å². The van der Waals surface area contributed by atoms with Crippen LogP contribution in [0.25, 0.3) is 0 Å². The lowest BCUT2D eigenvalue weighted by molar-refractivity contribution is -0.139. The fraction of sp³-hybridized carbons (Fsp3) is 0.615. The Labute approximate surface area is 863 Å². The van der Waals surface area contributed by atoms with Crippen LogP contribution in [0.5, 0.6) is 0 Å². The molecule has 0 radical (unpaired) electrons. The molecule has 12 heterocycles. The SMILES string of the molecule is CC(C)N1Cc2c(cc(CN3CCCC3)cc2C(F)(F)F)C1=O.CC(C)N1Cc2c(cc(CN3CCCCC3)cc2C(F)(F)F)C1=O.CC(C)N1Cc2c(cc(CN3CCOC(C)(C)C3)cc2C(F)(F)F)C1=O.CC(C)N1Cc2c(cc(CN3CCOC4(CC4)C3)cc2C(F)(F)F)C1=O.CC(c1cc2c(c(C(F)(F)F)c1)CN(C(C)C)C2=O)N1CC(F)C1.COCC1CN(Cc2cc3c(c(C(F)(F)F)c2)CN(C(C)C)C3=O)CCO1.